The SMILES string of the molecule is CCC(CC)OC(CI)c1ccc(C)cc1. The average molecular weight is 332 g/mol. The van der Waals surface area contributed by atoms with Crippen molar-refractivity contribution in [2.24, 2.45) is 0 Å². The van der Waals surface area contributed by atoms with Crippen LogP contribution in [0.3, 0.4) is 0 Å². The quantitative estimate of drug-likeness (QED) is 0.543. The molecule has 0 aromatic heterocycles. The number of hydrogen-bond donors (Lipinski definition) is 0. The van der Waals surface area contributed by atoms with E-state index in [1.807, 2.05) is 0 Å². The summed E-state index contributed by atoms with van der Waals surface area (Å²) in [6.07, 6.45) is 2.82. The van der Waals surface area contributed by atoms with Crippen LogP contribution < -0.4 is 0 Å². The molecule has 0 fully saturated rings. The fourth-order valence-electron chi connectivity index (χ4n) is 1.70. The van der Waals surface area contributed by atoms with Gasteiger partial charge >= 0.3 is 0 Å². The number of ether oxygens (including phenoxy) is 1. The van der Waals surface area contributed by atoms with Gasteiger partial charge in [0.2, 0.25) is 0 Å². The molecule has 1 aromatic carbocycles. The average Bonchev–Trinajstić information content (AvgIpc) is 2.32. The third kappa shape index (κ3) is 4.06. The van der Waals surface area contributed by atoms with Gasteiger partial charge in [-0.2, -0.15) is 0 Å². The Balaban J connectivity index is 2.70. The molecule has 0 bridgehead atoms. The van der Waals surface area contributed by atoms with E-state index in [1.54, 1.807) is 0 Å². The summed E-state index contributed by atoms with van der Waals surface area (Å²) in [6.45, 7) is 6.49. The molecule has 1 rings (SSSR count). The third-order valence-electron chi connectivity index (χ3n) is 2.86. The minimum absolute atomic E-state index is 0.242. The summed E-state index contributed by atoms with van der Waals surface area (Å²) in [7, 11) is 0. The maximum atomic E-state index is 6.12. The molecule has 1 nitrogen and oxygen atoms in total. The predicted octanol–water partition coefficient (Wildman–Crippen LogP) is 4.68. The van der Waals surface area contributed by atoms with Gasteiger partial charge in [0.25, 0.3) is 0 Å². The molecule has 0 spiro atoms. The highest BCUT2D eigenvalue weighted by Crippen LogP contribution is 2.23. The van der Waals surface area contributed by atoms with Crippen LogP contribution in [0.15, 0.2) is 24.3 Å². The first-order chi connectivity index (χ1) is 7.71. The van der Waals surface area contributed by atoms with Crippen molar-refractivity contribution in [1.29, 1.82) is 0 Å². The summed E-state index contributed by atoms with van der Waals surface area (Å²) in [5, 5.41) is 0. The first-order valence-electron chi connectivity index (χ1n) is 5.99. The fraction of sp³-hybridized carbons (Fsp3) is 0.571. The fourth-order valence-corrected chi connectivity index (χ4v) is 2.41. The Morgan fingerprint density at radius 3 is 2.12 bits per heavy atom. The van der Waals surface area contributed by atoms with Gasteiger partial charge in [-0.25, -0.2) is 0 Å². The molecule has 16 heavy (non-hydrogen) atoms. The maximum Gasteiger partial charge on any atom is 0.0918 e. The first-order valence-corrected chi connectivity index (χ1v) is 7.51. The monoisotopic (exact) mass is 332 g/mol. The molecule has 0 aliphatic rings. The lowest BCUT2D eigenvalue weighted by molar-refractivity contribution is -0.00305. The molecule has 0 heterocycles. The maximum absolute atomic E-state index is 6.12. The van der Waals surface area contributed by atoms with Crippen LogP contribution in [-0.4, -0.2) is 10.5 Å². The lowest BCUT2D eigenvalue weighted by Gasteiger charge is -2.22. The molecular weight excluding hydrogens is 311 g/mol. The highest BCUT2D eigenvalue weighted by molar-refractivity contribution is 14.1. The number of halogens is 1. The molecule has 2 heteroatoms. The second kappa shape index (κ2) is 7.28. The van der Waals surface area contributed by atoms with Crippen LogP contribution in [0.25, 0.3) is 0 Å². The van der Waals surface area contributed by atoms with Crippen molar-refractivity contribution in [3.05, 3.63) is 35.4 Å². The van der Waals surface area contributed by atoms with Crippen molar-refractivity contribution in [2.75, 3.05) is 4.43 Å². The van der Waals surface area contributed by atoms with Gasteiger partial charge in [0.15, 0.2) is 0 Å². The second-order valence-corrected chi connectivity index (χ2v) is 5.01. The number of alkyl halides is 1. The van der Waals surface area contributed by atoms with Crippen LogP contribution >= 0.6 is 22.6 Å². The van der Waals surface area contributed by atoms with E-state index in [-0.39, 0.29) is 6.10 Å². The molecule has 1 aromatic rings. The van der Waals surface area contributed by atoms with Gasteiger partial charge in [-0.15, -0.1) is 0 Å². The molecular formula is C14H21IO. The highest BCUT2D eigenvalue weighted by Gasteiger charge is 2.14. The van der Waals surface area contributed by atoms with Crippen molar-refractivity contribution in [3.8, 4) is 0 Å². The van der Waals surface area contributed by atoms with Gasteiger partial charge in [-0.3, -0.25) is 0 Å². The minimum Gasteiger partial charge on any atom is -0.370 e. The van der Waals surface area contributed by atoms with Gasteiger partial charge < -0.3 is 4.74 Å². The zero-order valence-corrected chi connectivity index (χ0v) is 12.5. The van der Waals surface area contributed by atoms with E-state index in [0.29, 0.717) is 6.10 Å². The molecule has 0 radical (unpaired) electrons. The zero-order chi connectivity index (χ0) is 12.0. The molecule has 0 amide bonds. The van der Waals surface area contributed by atoms with Crippen molar-refractivity contribution < 1.29 is 4.74 Å². The topological polar surface area (TPSA) is 9.23 Å². The van der Waals surface area contributed by atoms with E-state index in [4.69, 9.17) is 4.74 Å². The summed E-state index contributed by atoms with van der Waals surface area (Å²) in [5.41, 5.74) is 2.60. The van der Waals surface area contributed by atoms with E-state index in [0.717, 1.165) is 17.3 Å². The Morgan fingerprint density at radius 2 is 1.69 bits per heavy atom. The Bertz CT molecular complexity index is 290. The normalized spacial score (nSPS) is 13.1. The van der Waals surface area contributed by atoms with Gasteiger partial charge in [0.05, 0.1) is 12.2 Å². The van der Waals surface area contributed by atoms with Gasteiger partial charge in [-0.05, 0) is 25.3 Å². The van der Waals surface area contributed by atoms with Crippen molar-refractivity contribution in [3.63, 3.8) is 0 Å². The molecule has 1 atom stereocenters. The van der Waals surface area contributed by atoms with Crippen molar-refractivity contribution in [2.45, 2.75) is 45.8 Å². The molecule has 0 aliphatic heterocycles. The van der Waals surface area contributed by atoms with Gasteiger partial charge in [0, 0.05) is 4.43 Å². The standard InChI is InChI=1S/C14H21IO/c1-4-13(5-2)16-14(10-15)12-8-6-11(3)7-9-12/h6-9,13-14H,4-5,10H2,1-3H3. The van der Waals surface area contributed by atoms with Gasteiger partial charge in [0.1, 0.15) is 0 Å². The molecule has 0 aliphatic carbocycles. The van der Waals surface area contributed by atoms with Crippen LogP contribution in [0.4, 0.5) is 0 Å². The lowest BCUT2D eigenvalue weighted by Crippen LogP contribution is -2.16. The first kappa shape index (κ1) is 14.0. The van der Waals surface area contributed by atoms with Gasteiger partial charge in [-0.1, -0.05) is 66.3 Å². The van der Waals surface area contributed by atoms with Crippen LogP contribution in [0.1, 0.15) is 43.9 Å². The molecule has 1 unspecified atom stereocenters. The molecule has 90 valence electrons. The Kier molecular flexibility index (Phi) is 6.36. The predicted molar refractivity (Wildman–Crippen MR) is 78.3 cm³/mol. The van der Waals surface area contributed by atoms with E-state index in [1.165, 1.54) is 11.1 Å². The number of hydrogen-bond acceptors (Lipinski definition) is 1. The summed E-state index contributed by atoms with van der Waals surface area (Å²) in [6, 6.07) is 8.68. The highest BCUT2D eigenvalue weighted by atomic mass is 127. The van der Waals surface area contributed by atoms with Crippen LogP contribution in [0, 0.1) is 6.92 Å². The van der Waals surface area contributed by atoms with Crippen molar-refractivity contribution in [1.82, 2.24) is 0 Å². The van der Waals surface area contributed by atoms with Crippen LogP contribution in [-0.2, 0) is 4.74 Å². The summed E-state index contributed by atoms with van der Waals surface area (Å²) in [4.78, 5) is 0. The van der Waals surface area contributed by atoms with E-state index >= 15 is 0 Å². The van der Waals surface area contributed by atoms with E-state index in [2.05, 4.69) is 67.6 Å². The second-order valence-electron chi connectivity index (χ2n) is 4.13. The van der Waals surface area contributed by atoms with E-state index < -0.39 is 0 Å². The number of aryl methyl sites for hydroxylation is 1. The Labute approximate surface area is 113 Å². The summed E-state index contributed by atoms with van der Waals surface area (Å²) >= 11 is 2.40. The summed E-state index contributed by atoms with van der Waals surface area (Å²) < 4.78 is 7.13. The van der Waals surface area contributed by atoms with Crippen LogP contribution in [0.5, 0.6) is 0 Å². The zero-order valence-electron chi connectivity index (χ0n) is 10.4. The molecule has 0 saturated carbocycles. The Morgan fingerprint density at radius 1 is 1.12 bits per heavy atom. The minimum atomic E-state index is 0.242. The largest absolute Gasteiger partial charge is 0.370 e. The molecule has 0 N–H and O–H groups in total. The number of rotatable bonds is 6. The molecule has 0 saturated heterocycles. The summed E-state index contributed by atoms with van der Waals surface area (Å²) in [5.74, 6) is 0. The lowest BCUT2D eigenvalue weighted by atomic mass is 10.1. The Hall–Kier alpha value is -0.0900. The van der Waals surface area contributed by atoms with E-state index in [9.17, 15) is 0 Å². The smallest absolute Gasteiger partial charge is 0.0918 e. The van der Waals surface area contributed by atoms with Crippen LogP contribution in [0.2, 0.25) is 0 Å². The van der Waals surface area contributed by atoms with Crippen molar-refractivity contribution >= 4 is 22.6 Å². The number of benzene rings is 1. The third-order valence-corrected chi connectivity index (χ3v) is 3.66.